The topological polar surface area (TPSA) is 108 Å². The summed E-state index contributed by atoms with van der Waals surface area (Å²) in [6, 6.07) is 25.1. The second-order valence-electron chi connectivity index (χ2n) is 9.34. The first-order valence-electron chi connectivity index (χ1n) is 13.0. The molecule has 0 atom stereocenters. The number of hydrogen-bond donors (Lipinski definition) is 1. The first kappa shape index (κ1) is 27.9. The van der Waals surface area contributed by atoms with E-state index in [4.69, 9.17) is 18.9 Å². The Kier molecular flexibility index (Phi) is 7.71. The second-order valence-corrected chi connectivity index (χ2v) is 10.2. The summed E-state index contributed by atoms with van der Waals surface area (Å²) in [5, 5.41) is 8.40. The molecule has 11 heteroatoms. The van der Waals surface area contributed by atoms with E-state index in [1.54, 1.807) is 30.3 Å². The Morgan fingerprint density at radius 1 is 1.07 bits per heavy atom. The van der Waals surface area contributed by atoms with Gasteiger partial charge < -0.3 is 19.2 Å². The van der Waals surface area contributed by atoms with Gasteiger partial charge in [-0.05, 0) is 82.2 Å². The summed E-state index contributed by atoms with van der Waals surface area (Å²) in [4.78, 5) is 30.6. The van der Waals surface area contributed by atoms with Gasteiger partial charge in [0, 0.05) is 11.1 Å². The predicted molar refractivity (Wildman–Crippen MR) is 165 cm³/mol. The fraction of sp³-hybridized carbons (Fsp3) is 0.0625. The number of halogens is 2. The molecule has 0 fully saturated rings. The number of aromatic nitrogens is 2. The summed E-state index contributed by atoms with van der Waals surface area (Å²) in [5.41, 5.74) is 1.82. The number of ether oxygens (including phenoxy) is 2. The molecule has 2 heterocycles. The third kappa shape index (κ3) is 5.88. The Bertz CT molecular complexity index is 2040. The van der Waals surface area contributed by atoms with Crippen molar-refractivity contribution in [2.75, 3.05) is 19.0 Å². The van der Waals surface area contributed by atoms with Crippen LogP contribution < -0.4 is 20.3 Å². The van der Waals surface area contributed by atoms with Crippen molar-refractivity contribution in [3.8, 4) is 23.1 Å². The highest BCUT2D eigenvalue weighted by atomic mass is 79.9. The number of fused-ring (bicyclic) bond motifs is 2. The number of methoxy groups -OCH3 is 1. The van der Waals surface area contributed by atoms with E-state index in [1.165, 1.54) is 42.3 Å². The molecular formula is C32H22BrFN4O5. The van der Waals surface area contributed by atoms with Gasteiger partial charge in [0.25, 0.3) is 11.5 Å². The number of furan rings is 1. The molecule has 0 radical (unpaired) electrons. The van der Waals surface area contributed by atoms with Gasteiger partial charge in [0.1, 0.15) is 11.4 Å². The SMILES string of the molecule is COc1cc(C=Nn2c(-c3cc4ccccc4o3)nc3ccccc3c2=O)cc(Br)c1OCC(=O)Nc1ccc(F)cc1. The average molecular weight is 641 g/mol. The lowest BCUT2D eigenvalue weighted by atomic mass is 10.2. The smallest absolute Gasteiger partial charge is 0.282 e. The number of carbonyl (C=O) groups excluding carboxylic acids is 1. The van der Waals surface area contributed by atoms with Crippen LogP contribution in [0, 0.1) is 5.82 Å². The van der Waals surface area contributed by atoms with Crippen molar-refractivity contribution < 1.29 is 23.1 Å². The monoisotopic (exact) mass is 640 g/mol. The molecule has 43 heavy (non-hydrogen) atoms. The highest BCUT2D eigenvalue weighted by Gasteiger charge is 2.17. The van der Waals surface area contributed by atoms with E-state index in [1.807, 2.05) is 36.4 Å². The summed E-state index contributed by atoms with van der Waals surface area (Å²) in [5.74, 6) is 0.414. The van der Waals surface area contributed by atoms with Gasteiger partial charge in [0.05, 0.1) is 28.7 Å². The van der Waals surface area contributed by atoms with E-state index in [9.17, 15) is 14.0 Å². The van der Waals surface area contributed by atoms with E-state index < -0.39 is 11.7 Å². The van der Waals surface area contributed by atoms with Crippen LogP contribution in [0.1, 0.15) is 5.56 Å². The number of carbonyl (C=O) groups is 1. The number of para-hydroxylation sites is 2. The van der Waals surface area contributed by atoms with Crippen molar-refractivity contribution in [1.82, 2.24) is 9.66 Å². The standard InChI is InChI=1S/C32H22BrFN4O5/c1-41-27-15-19(14-24(33)30(27)42-18-29(39)36-22-12-10-21(34)11-13-22)17-35-38-31(28-16-20-6-2-5-9-26(20)43-28)37-25-8-4-3-7-23(25)32(38)40/h2-17H,18H2,1H3,(H,36,39). The minimum atomic E-state index is -0.438. The molecule has 0 saturated carbocycles. The fourth-order valence-corrected chi connectivity index (χ4v) is 5.00. The minimum Gasteiger partial charge on any atom is -0.493 e. The summed E-state index contributed by atoms with van der Waals surface area (Å²) < 4.78 is 32.1. The third-order valence-corrected chi connectivity index (χ3v) is 7.04. The highest BCUT2D eigenvalue weighted by molar-refractivity contribution is 9.10. The second kappa shape index (κ2) is 11.9. The molecule has 6 rings (SSSR count). The maximum atomic E-state index is 13.6. The number of hydrogen-bond acceptors (Lipinski definition) is 7. The quantitative estimate of drug-likeness (QED) is 0.187. The Morgan fingerprint density at radius 3 is 2.63 bits per heavy atom. The summed E-state index contributed by atoms with van der Waals surface area (Å²) in [7, 11) is 1.46. The number of nitrogens with zero attached hydrogens (tertiary/aromatic N) is 3. The van der Waals surface area contributed by atoms with Crippen LogP contribution in [0.15, 0.2) is 110 Å². The predicted octanol–water partition coefficient (Wildman–Crippen LogP) is 6.62. The Labute approximate surface area is 252 Å². The lowest BCUT2D eigenvalue weighted by molar-refractivity contribution is -0.118. The molecule has 0 unspecified atom stereocenters. The lowest BCUT2D eigenvalue weighted by Crippen LogP contribution is -2.20. The van der Waals surface area contributed by atoms with Crippen LogP contribution >= 0.6 is 15.9 Å². The van der Waals surface area contributed by atoms with Crippen molar-refractivity contribution in [2.45, 2.75) is 0 Å². The molecule has 6 aromatic rings. The molecule has 0 bridgehead atoms. The fourth-order valence-electron chi connectivity index (χ4n) is 4.43. The molecule has 214 valence electrons. The largest absolute Gasteiger partial charge is 0.493 e. The van der Waals surface area contributed by atoms with E-state index in [0.29, 0.717) is 49.5 Å². The number of anilines is 1. The molecule has 0 spiro atoms. The van der Waals surface area contributed by atoms with Gasteiger partial charge in [0.2, 0.25) is 5.82 Å². The zero-order chi connectivity index (χ0) is 29.9. The number of benzene rings is 4. The first-order valence-corrected chi connectivity index (χ1v) is 13.8. The van der Waals surface area contributed by atoms with Gasteiger partial charge >= 0.3 is 0 Å². The molecule has 0 aliphatic heterocycles. The molecule has 0 saturated heterocycles. The number of rotatable bonds is 8. The Hall–Kier alpha value is -5.29. The van der Waals surface area contributed by atoms with Crippen LogP contribution in [0.4, 0.5) is 10.1 Å². The number of amides is 1. The van der Waals surface area contributed by atoms with Crippen LogP contribution in [-0.2, 0) is 4.79 Å². The summed E-state index contributed by atoms with van der Waals surface area (Å²) in [6.07, 6.45) is 1.49. The highest BCUT2D eigenvalue weighted by Crippen LogP contribution is 2.36. The maximum absolute atomic E-state index is 13.6. The van der Waals surface area contributed by atoms with Gasteiger partial charge in [-0.15, -0.1) is 0 Å². The zero-order valence-corrected chi connectivity index (χ0v) is 24.2. The number of nitrogens with one attached hydrogen (secondary N) is 1. The van der Waals surface area contributed by atoms with Gasteiger partial charge in [-0.3, -0.25) is 9.59 Å². The molecular weight excluding hydrogens is 619 g/mol. The van der Waals surface area contributed by atoms with Crippen LogP contribution in [-0.4, -0.2) is 35.5 Å². The summed E-state index contributed by atoms with van der Waals surface area (Å²) >= 11 is 3.47. The normalized spacial score (nSPS) is 11.3. The van der Waals surface area contributed by atoms with Crippen molar-refractivity contribution in [2.24, 2.45) is 5.10 Å². The first-order chi connectivity index (χ1) is 20.9. The molecule has 0 aliphatic rings. The Morgan fingerprint density at radius 2 is 1.84 bits per heavy atom. The van der Waals surface area contributed by atoms with Crippen molar-refractivity contribution in [3.63, 3.8) is 0 Å². The van der Waals surface area contributed by atoms with Crippen molar-refractivity contribution in [3.05, 3.63) is 117 Å². The van der Waals surface area contributed by atoms with E-state index in [0.717, 1.165) is 5.39 Å². The maximum Gasteiger partial charge on any atom is 0.282 e. The zero-order valence-electron chi connectivity index (χ0n) is 22.6. The average Bonchev–Trinajstić information content (AvgIpc) is 3.45. The van der Waals surface area contributed by atoms with E-state index in [2.05, 4.69) is 26.3 Å². The van der Waals surface area contributed by atoms with Crippen LogP contribution in [0.3, 0.4) is 0 Å². The lowest BCUT2D eigenvalue weighted by Gasteiger charge is -2.13. The molecule has 2 aromatic heterocycles. The van der Waals surface area contributed by atoms with Gasteiger partial charge in [-0.2, -0.15) is 9.78 Å². The molecule has 1 N–H and O–H groups in total. The van der Waals surface area contributed by atoms with Crippen LogP contribution in [0.2, 0.25) is 0 Å². The molecule has 1 amide bonds. The van der Waals surface area contributed by atoms with Gasteiger partial charge in [0.15, 0.2) is 23.9 Å². The van der Waals surface area contributed by atoms with E-state index >= 15 is 0 Å². The van der Waals surface area contributed by atoms with Crippen LogP contribution in [0.5, 0.6) is 11.5 Å². The van der Waals surface area contributed by atoms with Crippen molar-refractivity contribution >= 4 is 55.6 Å². The van der Waals surface area contributed by atoms with Gasteiger partial charge in [-0.25, -0.2) is 9.37 Å². The summed E-state index contributed by atoms with van der Waals surface area (Å²) in [6.45, 7) is -0.321. The van der Waals surface area contributed by atoms with E-state index in [-0.39, 0.29) is 18.0 Å². The minimum absolute atomic E-state index is 0.245. The third-order valence-electron chi connectivity index (χ3n) is 6.45. The van der Waals surface area contributed by atoms with Crippen LogP contribution in [0.25, 0.3) is 33.5 Å². The van der Waals surface area contributed by atoms with Crippen molar-refractivity contribution in [1.29, 1.82) is 0 Å². The Balaban J connectivity index is 1.30. The molecule has 9 nitrogen and oxygen atoms in total. The molecule has 0 aliphatic carbocycles. The molecule has 4 aromatic carbocycles. The van der Waals surface area contributed by atoms with Gasteiger partial charge in [-0.1, -0.05) is 30.3 Å².